The van der Waals surface area contributed by atoms with Gasteiger partial charge in [0, 0.05) is 13.4 Å². The monoisotopic (exact) mass is 473 g/mol. The summed E-state index contributed by atoms with van der Waals surface area (Å²) in [5.74, 6) is 0. The molecular weight excluding hydrogens is 466 g/mol. The second-order valence-corrected chi connectivity index (χ2v) is 7.36. The molecule has 0 aliphatic carbocycles. The van der Waals surface area contributed by atoms with Gasteiger partial charge < -0.3 is 15.7 Å². The normalized spacial score (nSPS) is 12.8. The molecule has 1 heterocycles. The van der Waals surface area contributed by atoms with Crippen LogP contribution in [0.2, 0.25) is 0 Å². The van der Waals surface area contributed by atoms with Gasteiger partial charge in [0.25, 0.3) is 0 Å². The SMILES string of the molecule is NC(c1cc(Br)cc(Br)c1)c1cc2[nH]c(=O)[nH]c2cc1Br. The predicted octanol–water partition coefficient (Wildman–Crippen LogP) is 4.19. The molecule has 1 atom stereocenters. The van der Waals surface area contributed by atoms with Crippen molar-refractivity contribution in [3.05, 3.63) is 65.4 Å². The van der Waals surface area contributed by atoms with Crippen molar-refractivity contribution in [2.45, 2.75) is 6.04 Å². The maximum absolute atomic E-state index is 11.4. The summed E-state index contributed by atoms with van der Waals surface area (Å²) in [5.41, 5.74) is 9.51. The second kappa shape index (κ2) is 5.72. The van der Waals surface area contributed by atoms with E-state index in [9.17, 15) is 4.79 Å². The Morgan fingerprint density at radius 3 is 2.10 bits per heavy atom. The highest BCUT2D eigenvalue weighted by molar-refractivity contribution is 9.11. The number of aromatic amines is 2. The molecule has 3 rings (SSSR count). The standard InChI is InChI=1S/C14H10Br3N3O/c15-7-1-6(2-8(16)3-7)13(18)9-4-11-12(5-10(9)17)20-14(21)19-11/h1-5,13H,18H2,(H2,19,20,21). The van der Waals surface area contributed by atoms with Crippen LogP contribution in [0.1, 0.15) is 17.2 Å². The number of rotatable bonds is 2. The minimum absolute atomic E-state index is 0.229. The highest BCUT2D eigenvalue weighted by atomic mass is 79.9. The number of hydrogen-bond acceptors (Lipinski definition) is 2. The van der Waals surface area contributed by atoms with Gasteiger partial charge in [-0.1, -0.05) is 47.8 Å². The third-order valence-corrected chi connectivity index (χ3v) is 4.81. The number of imidazole rings is 1. The van der Waals surface area contributed by atoms with E-state index in [4.69, 9.17) is 5.73 Å². The Bertz CT molecular complexity index is 865. The van der Waals surface area contributed by atoms with E-state index >= 15 is 0 Å². The summed E-state index contributed by atoms with van der Waals surface area (Å²) in [4.78, 5) is 16.8. The van der Waals surface area contributed by atoms with E-state index in [0.717, 1.165) is 35.6 Å². The molecule has 0 saturated carbocycles. The molecule has 0 amide bonds. The fourth-order valence-electron chi connectivity index (χ4n) is 2.25. The Hall–Kier alpha value is -0.890. The van der Waals surface area contributed by atoms with Crippen LogP contribution < -0.4 is 11.4 Å². The first-order chi connectivity index (χ1) is 9.94. The maximum Gasteiger partial charge on any atom is 0.323 e. The zero-order valence-corrected chi connectivity index (χ0v) is 15.3. The Morgan fingerprint density at radius 1 is 0.905 bits per heavy atom. The zero-order valence-electron chi connectivity index (χ0n) is 10.6. The molecule has 0 saturated heterocycles. The van der Waals surface area contributed by atoms with Crippen molar-refractivity contribution in [3.63, 3.8) is 0 Å². The van der Waals surface area contributed by atoms with Crippen molar-refractivity contribution in [3.8, 4) is 0 Å². The molecule has 1 unspecified atom stereocenters. The first kappa shape index (κ1) is 15.0. The van der Waals surface area contributed by atoms with E-state index in [1.54, 1.807) is 0 Å². The molecule has 3 aromatic rings. The number of nitrogens with two attached hydrogens (primary N) is 1. The summed E-state index contributed by atoms with van der Waals surface area (Å²) >= 11 is 10.5. The van der Waals surface area contributed by atoms with Crippen LogP contribution in [0.5, 0.6) is 0 Å². The lowest BCUT2D eigenvalue weighted by atomic mass is 9.99. The van der Waals surface area contributed by atoms with Crippen molar-refractivity contribution in [1.29, 1.82) is 0 Å². The Morgan fingerprint density at radius 2 is 1.48 bits per heavy atom. The lowest BCUT2D eigenvalue weighted by Crippen LogP contribution is -2.12. The Labute approximate surface area is 145 Å². The lowest BCUT2D eigenvalue weighted by molar-refractivity contribution is 0.865. The van der Waals surface area contributed by atoms with Gasteiger partial charge in [-0.05, 0) is 41.5 Å². The van der Waals surface area contributed by atoms with Gasteiger partial charge in [-0.15, -0.1) is 0 Å². The van der Waals surface area contributed by atoms with Crippen LogP contribution in [0.15, 0.2) is 48.5 Å². The quantitative estimate of drug-likeness (QED) is 0.520. The molecule has 21 heavy (non-hydrogen) atoms. The van der Waals surface area contributed by atoms with E-state index in [0.29, 0.717) is 0 Å². The van der Waals surface area contributed by atoms with E-state index in [2.05, 4.69) is 57.8 Å². The molecule has 108 valence electrons. The van der Waals surface area contributed by atoms with Crippen LogP contribution in [-0.2, 0) is 0 Å². The van der Waals surface area contributed by atoms with Crippen molar-refractivity contribution in [2.24, 2.45) is 5.73 Å². The minimum atomic E-state index is -0.309. The molecule has 2 aromatic carbocycles. The van der Waals surface area contributed by atoms with Crippen molar-refractivity contribution < 1.29 is 0 Å². The third kappa shape index (κ3) is 3.01. The van der Waals surface area contributed by atoms with Crippen molar-refractivity contribution in [1.82, 2.24) is 9.97 Å². The summed E-state index contributed by atoms with van der Waals surface area (Å²) in [6.07, 6.45) is 0. The predicted molar refractivity (Wildman–Crippen MR) is 94.5 cm³/mol. The summed E-state index contributed by atoms with van der Waals surface area (Å²) < 4.78 is 2.76. The van der Waals surface area contributed by atoms with Crippen molar-refractivity contribution >= 4 is 58.8 Å². The van der Waals surface area contributed by atoms with E-state index in [1.165, 1.54) is 0 Å². The van der Waals surface area contributed by atoms with E-state index in [-0.39, 0.29) is 11.7 Å². The largest absolute Gasteiger partial charge is 0.323 e. The minimum Gasteiger partial charge on any atom is -0.320 e. The number of aromatic nitrogens is 2. The van der Waals surface area contributed by atoms with Crippen LogP contribution >= 0.6 is 47.8 Å². The summed E-state index contributed by atoms with van der Waals surface area (Å²) in [5, 5.41) is 0. The van der Waals surface area contributed by atoms with E-state index in [1.807, 2.05) is 30.3 Å². The zero-order chi connectivity index (χ0) is 15.1. The summed E-state index contributed by atoms with van der Waals surface area (Å²) in [6, 6.07) is 9.35. The van der Waals surface area contributed by atoms with Crippen LogP contribution in [0.4, 0.5) is 0 Å². The van der Waals surface area contributed by atoms with Gasteiger partial charge in [0.2, 0.25) is 0 Å². The molecule has 0 radical (unpaired) electrons. The molecule has 1 aromatic heterocycles. The summed E-state index contributed by atoms with van der Waals surface area (Å²) in [7, 11) is 0. The van der Waals surface area contributed by atoms with Crippen LogP contribution in [0.3, 0.4) is 0 Å². The number of fused-ring (bicyclic) bond motifs is 1. The lowest BCUT2D eigenvalue weighted by Gasteiger charge is -2.15. The molecule has 4 nitrogen and oxygen atoms in total. The second-order valence-electron chi connectivity index (χ2n) is 4.68. The van der Waals surface area contributed by atoms with Gasteiger partial charge in [-0.3, -0.25) is 0 Å². The number of H-pyrrole nitrogens is 2. The van der Waals surface area contributed by atoms with Crippen LogP contribution in [0, 0.1) is 0 Å². The van der Waals surface area contributed by atoms with Gasteiger partial charge in [-0.2, -0.15) is 0 Å². The molecule has 0 aliphatic rings. The number of benzene rings is 2. The first-order valence-corrected chi connectivity index (χ1v) is 8.45. The highest BCUT2D eigenvalue weighted by Gasteiger charge is 2.15. The van der Waals surface area contributed by atoms with Gasteiger partial charge in [0.15, 0.2) is 0 Å². The number of hydrogen-bond donors (Lipinski definition) is 3. The highest BCUT2D eigenvalue weighted by Crippen LogP contribution is 2.32. The Kier molecular flexibility index (Phi) is 4.09. The molecule has 0 fully saturated rings. The Balaban J connectivity index is 2.13. The van der Waals surface area contributed by atoms with Crippen LogP contribution in [0.25, 0.3) is 11.0 Å². The molecular formula is C14H10Br3N3O. The van der Waals surface area contributed by atoms with Crippen molar-refractivity contribution in [2.75, 3.05) is 0 Å². The smallest absolute Gasteiger partial charge is 0.320 e. The fourth-order valence-corrected chi connectivity index (χ4v) is 4.16. The fraction of sp³-hybridized carbons (Fsp3) is 0.0714. The average molecular weight is 476 g/mol. The molecule has 0 bridgehead atoms. The number of nitrogens with one attached hydrogen (secondary N) is 2. The summed E-state index contributed by atoms with van der Waals surface area (Å²) in [6.45, 7) is 0. The van der Waals surface area contributed by atoms with Gasteiger partial charge >= 0.3 is 5.69 Å². The topological polar surface area (TPSA) is 74.7 Å². The van der Waals surface area contributed by atoms with Gasteiger partial charge in [0.05, 0.1) is 17.1 Å². The van der Waals surface area contributed by atoms with Gasteiger partial charge in [0.1, 0.15) is 0 Å². The number of halogens is 3. The molecule has 7 heteroatoms. The molecule has 0 spiro atoms. The average Bonchev–Trinajstić information content (AvgIpc) is 2.75. The first-order valence-electron chi connectivity index (χ1n) is 6.07. The third-order valence-electron chi connectivity index (χ3n) is 3.21. The van der Waals surface area contributed by atoms with Crippen LogP contribution in [-0.4, -0.2) is 9.97 Å². The molecule has 0 aliphatic heterocycles. The maximum atomic E-state index is 11.4. The molecule has 4 N–H and O–H groups in total. The van der Waals surface area contributed by atoms with E-state index < -0.39 is 0 Å². The van der Waals surface area contributed by atoms with Gasteiger partial charge in [-0.25, -0.2) is 4.79 Å².